The molecule has 0 unspecified atom stereocenters. The van der Waals surface area contributed by atoms with Crippen LogP contribution in [0.15, 0.2) is 0 Å². The number of hydrogen-bond acceptors (Lipinski definition) is 7. The molecule has 0 spiro atoms. The quantitative estimate of drug-likeness (QED) is 0.447. The molecule has 0 N–H and O–H groups in total. The van der Waals surface area contributed by atoms with Crippen molar-refractivity contribution in [2.24, 2.45) is 0 Å². The predicted molar refractivity (Wildman–Crippen MR) is 113 cm³/mol. The first kappa shape index (κ1) is 18.6. The third-order valence-electron chi connectivity index (χ3n) is 3.02. The minimum absolute atomic E-state index is 0.454. The van der Waals surface area contributed by atoms with Gasteiger partial charge in [0.1, 0.15) is 22.4 Å². The van der Waals surface area contributed by atoms with Crippen LogP contribution in [0.4, 0.5) is 14.4 Å². The van der Waals surface area contributed by atoms with Crippen LogP contribution in [-0.2, 0) is 18.9 Å². The van der Waals surface area contributed by atoms with E-state index < -0.39 is 67.8 Å². The number of carbonyl (C=O) groups is 3. The minimum atomic E-state index is -2.89. The molecule has 0 rings (SSSR count). The van der Waals surface area contributed by atoms with Crippen molar-refractivity contribution in [1.82, 2.24) is 9.80 Å². The average Bonchev–Trinajstić information content (AvgIpc) is 2.51. The summed E-state index contributed by atoms with van der Waals surface area (Å²) >= 11 is 0. The molecular weight excluding hydrogens is 392 g/mol. The van der Waals surface area contributed by atoms with Crippen molar-refractivity contribution in [2.75, 3.05) is 27.0 Å². The van der Waals surface area contributed by atoms with Crippen molar-refractivity contribution in [3.05, 3.63) is 0 Å². The summed E-state index contributed by atoms with van der Waals surface area (Å²) in [6.45, 7) is 7.98. The monoisotopic (exact) mass is 438 g/mol. The minimum Gasteiger partial charge on any atom is -0.444 e. The molecule has 0 aromatic rings. The van der Waals surface area contributed by atoms with Gasteiger partial charge in [-0.05, 0) is 69.2 Å². The van der Waals surface area contributed by atoms with Crippen LogP contribution in [0.25, 0.3) is 0 Å². The van der Waals surface area contributed by atoms with E-state index >= 15 is 0 Å². The standard InChI is InChI=1S/C21H40N2O7/c1-18(2,3)27-15(24)22(11)13-20(7,8)29-17(26)30-21(9,10)14-23(12)16(25)28-19(4,5)6/h13-14H2,1-12H3/i11D3,12D3. The molecule has 30 heavy (non-hydrogen) atoms. The average molecular weight is 439 g/mol. The maximum absolute atomic E-state index is 12.5. The molecule has 0 heterocycles. The third-order valence-corrected chi connectivity index (χ3v) is 3.02. The molecule has 0 aliphatic carbocycles. The first-order valence-corrected chi connectivity index (χ1v) is 9.48. The molecule has 0 saturated heterocycles. The number of carbonyl (C=O) groups excluding carboxylic acids is 3. The van der Waals surface area contributed by atoms with E-state index in [-0.39, 0.29) is 0 Å². The summed E-state index contributed by atoms with van der Waals surface area (Å²) in [6.07, 6.45) is -3.52. The molecule has 2 amide bonds. The second-order valence-corrected chi connectivity index (χ2v) is 10.1. The summed E-state index contributed by atoms with van der Waals surface area (Å²) in [5.41, 5.74) is -5.02. The molecule has 176 valence electrons. The van der Waals surface area contributed by atoms with Crippen LogP contribution in [-0.4, -0.2) is 77.6 Å². The van der Waals surface area contributed by atoms with Gasteiger partial charge in [-0.15, -0.1) is 0 Å². The highest BCUT2D eigenvalue weighted by atomic mass is 16.7. The summed E-state index contributed by atoms with van der Waals surface area (Å²) in [7, 11) is 0. The van der Waals surface area contributed by atoms with E-state index in [1.54, 1.807) is 41.5 Å². The van der Waals surface area contributed by atoms with Crippen LogP contribution in [0.2, 0.25) is 0 Å². The highest BCUT2D eigenvalue weighted by molar-refractivity contribution is 5.68. The van der Waals surface area contributed by atoms with E-state index in [0.29, 0.717) is 9.80 Å². The normalized spacial score (nSPS) is 16.5. The van der Waals surface area contributed by atoms with Crippen molar-refractivity contribution < 1.29 is 41.6 Å². The van der Waals surface area contributed by atoms with Crippen molar-refractivity contribution in [3.63, 3.8) is 0 Å². The van der Waals surface area contributed by atoms with Crippen LogP contribution in [0.3, 0.4) is 0 Å². The van der Waals surface area contributed by atoms with E-state index in [1.165, 1.54) is 27.7 Å². The second kappa shape index (κ2) is 9.75. The van der Waals surface area contributed by atoms with Gasteiger partial charge in [-0.3, -0.25) is 0 Å². The lowest BCUT2D eigenvalue weighted by molar-refractivity contribution is -0.0744. The van der Waals surface area contributed by atoms with E-state index in [9.17, 15) is 14.4 Å². The molecule has 0 saturated carbocycles. The number of rotatable bonds is 6. The number of ether oxygens (including phenoxy) is 4. The Morgan fingerprint density at radius 2 is 0.933 bits per heavy atom. The van der Waals surface area contributed by atoms with Gasteiger partial charge in [-0.25, -0.2) is 14.4 Å². The van der Waals surface area contributed by atoms with Gasteiger partial charge >= 0.3 is 18.3 Å². The molecule has 0 fully saturated rings. The van der Waals surface area contributed by atoms with Gasteiger partial charge in [0.15, 0.2) is 0 Å². The lowest BCUT2D eigenvalue weighted by Gasteiger charge is -2.34. The Hall–Kier alpha value is -2.19. The molecule has 0 aliphatic rings. The zero-order valence-corrected chi connectivity index (χ0v) is 19.7. The number of amides is 2. The Labute approximate surface area is 189 Å². The van der Waals surface area contributed by atoms with Crippen molar-refractivity contribution in [1.29, 1.82) is 0 Å². The van der Waals surface area contributed by atoms with Crippen LogP contribution < -0.4 is 0 Å². The number of likely N-dealkylation sites (N-methyl/N-ethyl adjacent to an activating group) is 2. The SMILES string of the molecule is [2H]C([2H])([2H])N(CC(C)(C)OC(=O)OC(C)(C)CN(C(=O)OC(C)(C)C)C([2H])([2H])[2H])C(=O)OC(C)(C)C. The second-order valence-electron chi connectivity index (χ2n) is 10.1. The van der Waals surface area contributed by atoms with Crippen molar-refractivity contribution in [2.45, 2.75) is 91.6 Å². The lowest BCUT2D eigenvalue weighted by Crippen LogP contribution is -2.47. The smallest absolute Gasteiger partial charge is 0.444 e. The molecule has 9 heteroatoms. The van der Waals surface area contributed by atoms with Gasteiger partial charge < -0.3 is 28.7 Å². The van der Waals surface area contributed by atoms with Gasteiger partial charge in [0, 0.05) is 22.2 Å². The first-order chi connectivity index (χ1) is 15.5. The zero-order valence-electron chi connectivity index (χ0n) is 25.7. The molecular formula is C21H40N2O7. The highest BCUT2D eigenvalue weighted by Crippen LogP contribution is 2.19. The zero-order chi connectivity index (χ0) is 29.1. The lowest BCUT2D eigenvalue weighted by atomic mass is 10.1. The summed E-state index contributed by atoms with van der Waals surface area (Å²) in [6, 6.07) is 0. The number of nitrogens with zero attached hydrogens (tertiary/aromatic N) is 2. The van der Waals surface area contributed by atoms with Gasteiger partial charge in [0.2, 0.25) is 0 Å². The van der Waals surface area contributed by atoms with Gasteiger partial charge in [0.25, 0.3) is 0 Å². The maximum atomic E-state index is 12.5. The summed E-state index contributed by atoms with van der Waals surface area (Å²) in [5.74, 6) is 0. The van der Waals surface area contributed by atoms with Crippen LogP contribution >= 0.6 is 0 Å². The summed E-state index contributed by atoms with van der Waals surface area (Å²) in [4.78, 5) is 38.3. The first-order valence-electron chi connectivity index (χ1n) is 12.5. The fourth-order valence-electron chi connectivity index (χ4n) is 2.06. The van der Waals surface area contributed by atoms with Crippen LogP contribution in [0.1, 0.15) is 77.5 Å². The Morgan fingerprint density at radius 3 is 1.17 bits per heavy atom. The molecule has 0 aromatic carbocycles. The Morgan fingerprint density at radius 1 is 0.633 bits per heavy atom. The van der Waals surface area contributed by atoms with Crippen LogP contribution in [0, 0.1) is 0 Å². The van der Waals surface area contributed by atoms with Crippen LogP contribution in [0.5, 0.6) is 0 Å². The van der Waals surface area contributed by atoms with Crippen molar-refractivity contribution in [3.8, 4) is 0 Å². The number of hydrogen-bond donors (Lipinski definition) is 0. The van der Waals surface area contributed by atoms with E-state index in [4.69, 9.17) is 27.2 Å². The third kappa shape index (κ3) is 12.4. The van der Waals surface area contributed by atoms with Gasteiger partial charge in [-0.1, -0.05) is 0 Å². The molecule has 9 nitrogen and oxygen atoms in total. The van der Waals surface area contributed by atoms with Gasteiger partial charge in [-0.2, -0.15) is 0 Å². The molecule has 0 bridgehead atoms. The maximum Gasteiger partial charge on any atom is 0.509 e. The fourth-order valence-corrected chi connectivity index (χ4v) is 2.06. The summed E-state index contributed by atoms with van der Waals surface area (Å²) < 4.78 is 66.7. The van der Waals surface area contributed by atoms with Crippen molar-refractivity contribution >= 4 is 18.3 Å². The molecule has 0 aromatic heterocycles. The van der Waals surface area contributed by atoms with E-state index in [1.807, 2.05) is 0 Å². The molecule has 0 aliphatic heterocycles. The molecule has 0 atom stereocenters. The topological polar surface area (TPSA) is 94.6 Å². The predicted octanol–water partition coefficient (Wildman–Crippen LogP) is 4.43. The van der Waals surface area contributed by atoms with E-state index in [0.717, 1.165) is 0 Å². The highest BCUT2D eigenvalue weighted by Gasteiger charge is 2.34. The molecule has 0 radical (unpaired) electrons. The van der Waals surface area contributed by atoms with Gasteiger partial charge in [0.05, 0.1) is 13.1 Å². The fraction of sp³-hybridized carbons (Fsp3) is 0.857. The Bertz CT molecular complexity index is 733. The van der Waals surface area contributed by atoms with E-state index in [2.05, 4.69) is 0 Å². The summed E-state index contributed by atoms with van der Waals surface area (Å²) in [5, 5.41) is 0. The largest absolute Gasteiger partial charge is 0.509 e. The Kier molecular flexibility index (Phi) is 6.03. The Balaban J connectivity index is 5.53.